The number of rotatable bonds is 6. The number of hydrogen-bond acceptors (Lipinski definition) is 4. The van der Waals surface area contributed by atoms with E-state index in [1.165, 1.54) is 0 Å². The molecule has 4 heteroatoms. The first-order valence-corrected chi connectivity index (χ1v) is 5.42. The Kier molecular flexibility index (Phi) is 5.13. The lowest BCUT2D eigenvalue weighted by atomic mass is 10.4. The van der Waals surface area contributed by atoms with E-state index in [2.05, 4.69) is 28.1 Å². The third-order valence-corrected chi connectivity index (χ3v) is 1.87. The molecule has 1 aromatic rings. The summed E-state index contributed by atoms with van der Waals surface area (Å²) < 4.78 is 5.41. The molecule has 0 bridgehead atoms. The number of ether oxygens (including phenoxy) is 1. The van der Waals surface area contributed by atoms with Gasteiger partial charge >= 0.3 is 0 Å². The Bertz CT molecular complexity index is 371. The van der Waals surface area contributed by atoms with Gasteiger partial charge in [0.2, 0.25) is 5.88 Å². The van der Waals surface area contributed by atoms with Gasteiger partial charge in [-0.3, -0.25) is 0 Å². The Morgan fingerprint density at radius 3 is 3.00 bits per heavy atom. The summed E-state index contributed by atoms with van der Waals surface area (Å²) in [4.78, 5) is 8.43. The summed E-state index contributed by atoms with van der Waals surface area (Å²) in [6, 6.07) is 1.79. The van der Waals surface area contributed by atoms with Crippen molar-refractivity contribution in [3.05, 3.63) is 11.9 Å². The highest BCUT2D eigenvalue weighted by atomic mass is 16.5. The van der Waals surface area contributed by atoms with Crippen molar-refractivity contribution in [1.29, 1.82) is 0 Å². The van der Waals surface area contributed by atoms with Gasteiger partial charge in [0.15, 0.2) is 0 Å². The van der Waals surface area contributed by atoms with Crippen molar-refractivity contribution in [2.75, 3.05) is 18.5 Å². The summed E-state index contributed by atoms with van der Waals surface area (Å²) in [6.07, 6.45) is 6.78. The summed E-state index contributed by atoms with van der Waals surface area (Å²) in [5.41, 5.74) is 0. The quantitative estimate of drug-likeness (QED) is 0.587. The number of nitrogens with zero attached hydrogens (tertiary/aromatic N) is 2. The van der Waals surface area contributed by atoms with E-state index >= 15 is 0 Å². The van der Waals surface area contributed by atoms with Gasteiger partial charge in [-0.05, 0) is 13.3 Å². The van der Waals surface area contributed by atoms with Crippen LogP contribution in [0, 0.1) is 19.3 Å². The van der Waals surface area contributed by atoms with Gasteiger partial charge in [-0.1, -0.05) is 6.92 Å². The molecule has 16 heavy (non-hydrogen) atoms. The minimum Gasteiger partial charge on any atom is -0.477 e. The number of anilines is 1. The summed E-state index contributed by atoms with van der Waals surface area (Å²) in [5, 5.41) is 3.19. The molecule has 1 N–H and O–H groups in total. The summed E-state index contributed by atoms with van der Waals surface area (Å²) in [6.45, 7) is 5.32. The van der Waals surface area contributed by atoms with Gasteiger partial charge in [-0.25, -0.2) is 4.98 Å². The molecule has 0 saturated carbocycles. The molecule has 0 amide bonds. The second-order valence-corrected chi connectivity index (χ2v) is 3.37. The SMILES string of the molecule is C#CCCOc1cc(NCCC)nc(C)n1. The average molecular weight is 219 g/mol. The van der Waals surface area contributed by atoms with E-state index < -0.39 is 0 Å². The van der Waals surface area contributed by atoms with Gasteiger partial charge < -0.3 is 10.1 Å². The standard InChI is InChI=1S/C12H17N3O/c1-4-6-8-16-12-9-11(13-7-5-2)14-10(3)15-12/h1,9H,5-8H2,2-3H3,(H,13,14,15). The minimum atomic E-state index is 0.486. The first-order valence-electron chi connectivity index (χ1n) is 5.42. The van der Waals surface area contributed by atoms with Crippen LogP contribution in [0.4, 0.5) is 5.82 Å². The van der Waals surface area contributed by atoms with E-state index in [1.807, 2.05) is 6.92 Å². The number of nitrogens with one attached hydrogen (secondary N) is 1. The van der Waals surface area contributed by atoms with Crippen LogP contribution in [0.5, 0.6) is 5.88 Å². The maximum absolute atomic E-state index is 5.41. The molecule has 0 aliphatic carbocycles. The normalized spacial score (nSPS) is 9.56. The predicted molar refractivity (Wildman–Crippen MR) is 64.5 cm³/mol. The van der Waals surface area contributed by atoms with E-state index in [9.17, 15) is 0 Å². The molecule has 0 aliphatic heterocycles. The number of aromatic nitrogens is 2. The highest BCUT2D eigenvalue weighted by Crippen LogP contribution is 2.13. The highest BCUT2D eigenvalue weighted by Gasteiger charge is 2.01. The lowest BCUT2D eigenvalue weighted by Gasteiger charge is -2.08. The Labute approximate surface area is 96.5 Å². The van der Waals surface area contributed by atoms with Gasteiger partial charge in [0, 0.05) is 19.0 Å². The first-order chi connectivity index (χ1) is 7.76. The van der Waals surface area contributed by atoms with E-state index in [4.69, 9.17) is 11.2 Å². The van der Waals surface area contributed by atoms with Crippen LogP contribution in [0.1, 0.15) is 25.6 Å². The molecule has 0 saturated heterocycles. The van der Waals surface area contributed by atoms with E-state index in [1.54, 1.807) is 6.07 Å². The topological polar surface area (TPSA) is 47.0 Å². The molecule has 0 aliphatic rings. The van der Waals surface area contributed by atoms with Crippen molar-refractivity contribution in [3.63, 3.8) is 0 Å². The Hall–Kier alpha value is -1.76. The van der Waals surface area contributed by atoms with Gasteiger partial charge in [0.25, 0.3) is 0 Å². The number of aryl methyl sites for hydroxylation is 1. The molecule has 1 heterocycles. The van der Waals surface area contributed by atoms with Crippen molar-refractivity contribution in [2.24, 2.45) is 0 Å². The van der Waals surface area contributed by atoms with Gasteiger partial charge in [0.05, 0.1) is 0 Å². The van der Waals surface area contributed by atoms with Crippen LogP contribution in [0.3, 0.4) is 0 Å². The van der Waals surface area contributed by atoms with Crippen LogP contribution >= 0.6 is 0 Å². The van der Waals surface area contributed by atoms with Crippen LogP contribution in [0.15, 0.2) is 6.07 Å². The van der Waals surface area contributed by atoms with Crippen molar-refractivity contribution >= 4 is 5.82 Å². The third-order valence-electron chi connectivity index (χ3n) is 1.87. The zero-order valence-corrected chi connectivity index (χ0v) is 9.79. The van der Waals surface area contributed by atoms with Crippen molar-refractivity contribution in [3.8, 4) is 18.2 Å². The van der Waals surface area contributed by atoms with E-state index in [-0.39, 0.29) is 0 Å². The van der Waals surface area contributed by atoms with Crippen LogP contribution in [0.2, 0.25) is 0 Å². The number of hydrogen-bond donors (Lipinski definition) is 1. The zero-order chi connectivity index (χ0) is 11.8. The molecule has 4 nitrogen and oxygen atoms in total. The molecule has 0 aromatic carbocycles. The Morgan fingerprint density at radius 2 is 2.31 bits per heavy atom. The molecule has 86 valence electrons. The van der Waals surface area contributed by atoms with Gasteiger partial charge in [-0.15, -0.1) is 12.3 Å². The van der Waals surface area contributed by atoms with Crippen LogP contribution in [0.25, 0.3) is 0 Å². The molecule has 0 unspecified atom stereocenters. The second-order valence-electron chi connectivity index (χ2n) is 3.37. The Balaban J connectivity index is 2.62. The van der Waals surface area contributed by atoms with Gasteiger partial charge in [0.1, 0.15) is 18.2 Å². The van der Waals surface area contributed by atoms with Crippen LogP contribution < -0.4 is 10.1 Å². The lowest BCUT2D eigenvalue weighted by molar-refractivity contribution is 0.313. The maximum atomic E-state index is 5.41. The predicted octanol–water partition coefficient (Wildman–Crippen LogP) is 2.01. The monoisotopic (exact) mass is 219 g/mol. The summed E-state index contributed by atoms with van der Waals surface area (Å²) >= 11 is 0. The van der Waals surface area contributed by atoms with E-state index in [0.717, 1.165) is 18.8 Å². The maximum Gasteiger partial charge on any atom is 0.218 e. The summed E-state index contributed by atoms with van der Waals surface area (Å²) in [5.74, 6) is 4.58. The van der Waals surface area contributed by atoms with Crippen molar-refractivity contribution in [2.45, 2.75) is 26.7 Å². The van der Waals surface area contributed by atoms with Crippen molar-refractivity contribution in [1.82, 2.24) is 9.97 Å². The molecule has 0 radical (unpaired) electrons. The van der Waals surface area contributed by atoms with Crippen LogP contribution in [-0.2, 0) is 0 Å². The summed E-state index contributed by atoms with van der Waals surface area (Å²) in [7, 11) is 0. The zero-order valence-electron chi connectivity index (χ0n) is 9.79. The largest absolute Gasteiger partial charge is 0.477 e. The average Bonchev–Trinajstić information content (AvgIpc) is 2.26. The van der Waals surface area contributed by atoms with E-state index in [0.29, 0.717) is 24.7 Å². The molecule has 1 aromatic heterocycles. The van der Waals surface area contributed by atoms with Crippen LogP contribution in [-0.4, -0.2) is 23.1 Å². The minimum absolute atomic E-state index is 0.486. The highest BCUT2D eigenvalue weighted by molar-refractivity contribution is 5.38. The number of terminal acetylenes is 1. The second kappa shape index (κ2) is 6.67. The fraction of sp³-hybridized carbons (Fsp3) is 0.500. The third kappa shape index (κ3) is 4.18. The smallest absolute Gasteiger partial charge is 0.218 e. The van der Waals surface area contributed by atoms with Crippen molar-refractivity contribution < 1.29 is 4.74 Å². The fourth-order valence-corrected chi connectivity index (χ4v) is 1.17. The Morgan fingerprint density at radius 1 is 1.50 bits per heavy atom. The molecular formula is C12H17N3O. The first kappa shape index (κ1) is 12.3. The lowest BCUT2D eigenvalue weighted by Crippen LogP contribution is -2.06. The molecule has 0 atom stereocenters. The van der Waals surface area contributed by atoms with Gasteiger partial charge in [-0.2, -0.15) is 4.98 Å². The fourth-order valence-electron chi connectivity index (χ4n) is 1.17. The molecule has 1 rings (SSSR count). The molecule has 0 spiro atoms. The molecule has 0 fully saturated rings. The molecular weight excluding hydrogens is 202 g/mol.